The van der Waals surface area contributed by atoms with Crippen LogP contribution in [0.5, 0.6) is 0 Å². The number of carbonyl (C=O) groups is 1. The van der Waals surface area contributed by atoms with Crippen LogP contribution in [0.2, 0.25) is 0 Å². The Labute approximate surface area is 99.0 Å². The molecule has 5 heteroatoms. The van der Waals surface area contributed by atoms with Gasteiger partial charge in [0.25, 0.3) is 0 Å². The second kappa shape index (κ2) is 5.37. The molecule has 0 spiro atoms. The fourth-order valence-corrected chi connectivity index (χ4v) is 1.99. The van der Waals surface area contributed by atoms with Gasteiger partial charge in [0, 0.05) is 11.3 Å². The van der Waals surface area contributed by atoms with Crippen LogP contribution in [0, 0.1) is 0 Å². The first kappa shape index (κ1) is 11.5. The molecule has 0 aliphatic carbocycles. The van der Waals surface area contributed by atoms with Crippen molar-refractivity contribution in [3.8, 4) is 0 Å². The zero-order chi connectivity index (χ0) is 12.1. The van der Waals surface area contributed by atoms with E-state index in [9.17, 15) is 4.79 Å². The molecule has 2 rings (SSSR count). The van der Waals surface area contributed by atoms with Crippen molar-refractivity contribution in [2.45, 2.75) is 31.4 Å². The molecule has 1 aliphatic heterocycles. The Bertz CT molecular complexity index is 440. The first-order chi connectivity index (χ1) is 8.29. The fourth-order valence-electron chi connectivity index (χ4n) is 1.99. The molecule has 0 aromatic heterocycles. The Morgan fingerprint density at radius 2 is 2.24 bits per heavy atom. The van der Waals surface area contributed by atoms with Gasteiger partial charge >= 0.3 is 5.97 Å². The smallest absolute Gasteiger partial charge is 0.306 e. The lowest BCUT2D eigenvalue weighted by Gasteiger charge is -2.17. The van der Waals surface area contributed by atoms with Gasteiger partial charge in [-0.15, -0.1) is 0 Å². The fraction of sp³-hybridized carbons (Fsp3) is 0.417. The third-order valence-electron chi connectivity index (χ3n) is 2.83. The number of rotatable bonds is 4. The number of esters is 1. The molecule has 0 radical (unpaired) electrons. The van der Waals surface area contributed by atoms with Crippen LogP contribution in [-0.4, -0.2) is 18.1 Å². The highest BCUT2D eigenvalue weighted by molar-refractivity contribution is 5.71. The van der Waals surface area contributed by atoms with Crippen molar-refractivity contribution in [1.82, 2.24) is 0 Å². The van der Waals surface area contributed by atoms with Crippen LogP contribution in [0.4, 0.5) is 0 Å². The second-order valence-corrected chi connectivity index (χ2v) is 4.03. The summed E-state index contributed by atoms with van der Waals surface area (Å²) in [4.78, 5) is 13.9. The molecule has 0 amide bonds. The van der Waals surface area contributed by atoms with Crippen molar-refractivity contribution in [2.75, 3.05) is 0 Å². The summed E-state index contributed by atoms with van der Waals surface area (Å²) in [5.41, 5.74) is 9.64. The minimum Gasteiger partial charge on any atom is -0.462 e. The minimum absolute atomic E-state index is 0.207. The number of nitrogens with zero attached hydrogens (tertiary/aromatic N) is 3. The third kappa shape index (κ3) is 2.98. The van der Waals surface area contributed by atoms with Crippen LogP contribution < -0.4 is 0 Å². The maximum atomic E-state index is 11.1. The quantitative estimate of drug-likeness (QED) is 0.345. The van der Waals surface area contributed by atoms with Gasteiger partial charge in [-0.3, -0.25) is 4.79 Å². The van der Waals surface area contributed by atoms with Crippen LogP contribution in [0.15, 0.2) is 35.4 Å². The topological polar surface area (TPSA) is 75.1 Å². The molecular weight excluding hydrogens is 218 g/mol. The van der Waals surface area contributed by atoms with Gasteiger partial charge in [0.05, 0.1) is 6.04 Å². The first-order valence-electron chi connectivity index (χ1n) is 5.57. The molecule has 0 N–H and O–H groups in total. The van der Waals surface area contributed by atoms with E-state index >= 15 is 0 Å². The van der Waals surface area contributed by atoms with Crippen molar-refractivity contribution >= 4 is 5.97 Å². The SMILES string of the molecule is [N-]=[N+]=N[C@@H](Cc1ccccc1)[C@H]1CCC(=O)O1. The molecule has 5 nitrogen and oxygen atoms in total. The molecule has 17 heavy (non-hydrogen) atoms. The highest BCUT2D eigenvalue weighted by Crippen LogP contribution is 2.22. The van der Waals surface area contributed by atoms with E-state index < -0.39 is 0 Å². The van der Waals surface area contributed by atoms with Gasteiger partial charge in [-0.2, -0.15) is 0 Å². The van der Waals surface area contributed by atoms with Gasteiger partial charge < -0.3 is 4.74 Å². The van der Waals surface area contributed by atoms with Crippen LogP contribution in [0.25, 0.3) is 10.4 Å². The van der Waals surface area contributed by atoms with E-state index in [1.54, 1.807) is 0 Å². The van der Waals surface area contributed by atoms with E-state index in [0.717, 1.165) is 5.56 Å². The largest absolute Gasteiger partial charge is 0.462 e. The molecule has 1 fully saturated rings. The normalized spacial score (nSPS) is 20.5. The van der Waals surface area contributed by atoms with Crippen molar-refractivity contribution in [3.05, 3.63) is 46.3 Å². The van der Waals surface area contributed by atoms with Crippen molar-refractivity contribution in [3.63, 3.8) is 0 Å². The Morgan fingerprint density at radius 3 is 2.82 bits per heavy atom. The van der Waals surface area contributed by atoms with Crippen molar-refractivity contribution in [1.29, 1.82) is 0 Å². The molecular formula is C12H13N3O2. The Balaban J connectivity index is 2.07. The number of cyclic esters (lactones) is 1. The molecule has 1 saturated heterocycles. The average molecular weight is 231 g/mol. The standard InChI is InChI=1S/C12H13N3O2/c13-15-14-10(11-6-7-12(16)17-11)8-9-4-2-1-3-5-9/h1-5,10-11H,6-8H2/t10-,11+/m0/s1. The Hall–Kier alpha value is -2.00. The summed E-state index contributed by atoms with van der Waals surface area (Å²) in [6, 6.07) is 9.43. The van der Waals surface area contributed by atoms with E-state index in [1.807, 2.05) is 30.3 Å². The van der Waals surface area contributed by atoms with E-state index in [1.165, 1.54) is 0 Å². The van der Waals surface area contributed by atoms with Crippen molar-refractivity contribution < 1.29 is 9.53 Å². The molecule has 0 bridgehead atoms. The van der Waals surface area contributed by atoms with Crippen LogP contribution >= 0.6 is 0 Å². The van der Waals surface area contributed by atoms with Gasteiger partial charge in [-0.1, -0.05) is 35.4 Å². The lowest BCUT2D eigenvalue weighted by molar-refractivity contribution is -0.142. The maximum Gasteiger partial charge on any atom is 0.306 e. The highest BCUT2D eigenvalue weighted by atomic mass is 16.5. The monoisotopic (exact) mass is 231 g/mol. The predicted molar refractivity (Wildman–Crippen MR) is 62.2 cm³/mol. The summed E-state index contributed by atoms with van der Waals surface area (Å²) >= 11 is 0. The van der Waals surface area contributed by atoms with Crippen LogP contribution in [0.3, 0.4) is 0 Å². The predicted octanol–water partition coefficient (Wildman–Crippen LogP) is 2.61. The number of carbonyl (C=O) groups excluding carboxylic acids is 1. The van der Waals surface area contributed by atoms with Crippen LogP contribution in [-0.2, 0) is 16.0 Å². The summed E-state index contributed by atoms with van der Waals surface area (Å²) in [7, 11) is 0. The Morgan fingerprint density at radius 1 is 1.47 bits per heavy atom. The van der Waals surface area contributed by atoms with E-state index in [-0.39, 0.29) is 18.1 Å². The molecule has 0 saturated carbocycles. The summed E-state index contributed by atoms with van der Waals surface area (Å²) < 4.78 is 5.14. The number of benzene rings is 1. The molecule has 1 aromatic carbocycles. The summed E-state index contributed by atoms with van der Waals surface area (Å²) in [5.74, 6) is -0.207. The average Bonchev–Trinajstić information content (AvgIpc) is 2.77. The van der Waals surface area contributed by atoms with Gasteiger partial charge in [-0.05, 0) is 23.9 Å². The second-order valence-electron chi connectivity index (χ2n) is 4.03. The van der Waals surface area contributed by atoms with E-state index in [2.05, 4.69) is 10.0 Å². The van der Waals surface area contributed by atoms with E-state index in [4.69, 9.17) is 10.3 Å². The van der Waals surface area contributed by atoms with E-state index in [0.29, 0.717) is 19.3 Å². The molecule has 1 aliphatic rings. The molecule has 2 atom stereocenters. The zero-order valence-electron chi connectivity index (χ0n) is 9.32. The summed E-state index contributed by atoms with van der Waals surface area (Å²) in [6.45, 7) is 0. The van der Waals surface area contributed by atoms with Gasteiger partial charge in [-0.25, -0.2) is 0 Å². The molecule has 88 valence electrons. The third-order valence-corrected chi connectivity index (χ3v) is 2.83. The summed E-state index contributed by atoms with van der Waals surface area (Å²) in [5, 5.41) is 3.74. The number of azide groups is 1. The number of ether oxygens (including phenoxy) is 1. The first-order valence-corrected chi connectivity index (χ1v) is 5.57. The lowest BCUT2D eigenvalue weighted by Crippen LogP contribution is -2.25. The maximum absolute atomic E-state index is 11.1. The summed E-state index contributed by atoms with van der Waals surface area (Å²) in [6.07, 6.45) is 1.37. The molecule has 1 heterocycles. The highest BCUT2D eigenvalue weighted by Gasteiger charge is 2.30. The Kier molecular flexibility index (Phi) is 3.62. The van der Waals surface area contributed by atoms with Gasteiger partial charge in [0.15, 0.2) is 0 Å². The zero-order valence-corrected chi connectivity index (χ0v) is 9.32. The molecule has 1 aromatic rings. The van der Waals surface area contributed by atoms with Crippen LogP contribution in [0.1, 0.15) is 18.4 Å². The lowest BCUT2D eigenvalue weighted by atomic mass is 10.0. The minimum atomic E-state index is -0.311. The number of hydrogen-bond acceptors (Lipinski definition) is 3. The number of hydrogen-bond donors (Lipinski definition) is 0. The van der Waals surface area contributed by atoms with Crippen molar-refractivity contribution in [2.24, 2.45) is 5.11 Å². The van der Waals surface area contributed by atoms with Gasteiger partial charge in [0.2, 0.25) is 0 Å². The molecule has 0 unspecified atom stereocenters. The van der Waals surface area contributed by atoms with Gasteiger partial charge in [0.1, 0.15) is 6.10 Å².